The van der Waals surface area contributed by atoms with Crippen molar-refractivity contribution >= 4 is 28.6 Å². The number of anilines is 1. The SMILES string of the molecule is CCn1c(-c2cccnc2)nc2cc(NC(=O)COC)cc(C(=O)O)c21. The zero-order valence-corrected chi connectivity index (χ0v) is 14.4. The Morgan fingerprint density at radius 2 is 2.15 bits per heavy atom. The molecule has 1 amide bonds. The summed E-state index contributed by atoms with van der Waals surface area (Å²) >= 11 is 0. The van der Waals surface area contributed by atoms with Crippen LogP contribution in [0.3, 0.4) is 0 Å². The third kappa shape index (κ3) is 3.27. The summed E-state index contributed by atoms with van der Waals surface area (Å²) in [5, 5.41) is 12.3. The molecule has 8 nitrogen and oxygen atoms in total. The molecule has 0 atom stereocenters. The number of carbonyl (C=O) groups excluding carboxylic acids is 1. The molecule has 3 aromatic rings. The Labute approximate surface area is 149 Å². The maximum absolute atomic E-state index is 11.8. The molecule has 0 aliphatic carbocycles. The minimum atomic E-state index is -1.09. The first-order chi connectivity index (χ1) is 12.5. The molecule has 26 heavy (non-hydrogen) atoms. The second-order valence-corrected chi connectivity index (χ2v) is 5.60. The third-order valence-corrected chi connectivity index (χ3v) is 3.87. The maximum Gasteiger partial charge on any atom is 0.337 e. The van der Waals surface area contributed by atoms with E-state index < -0.39 is 5.97 Å². The van der Waals surface area contributed by atoms with E-state index in [0.717, 1.165) is 5.56 Å². The number of ether oxygens (including phenoxy) is 1. The number of hydrogen-bond acceptors (Lipinski definition) is 5. The number of rotatable bonds is 6. The van der Waals surface area contributed by atoms with Crippen LogP contribution < -0.4 is 5.32 Å². The van der Waals surface area contributed by atoms with Crippen LogP contribution in [-0.4, -0.2) is 45.2 Å². The molecule has 0 saturated carbocycles. The number of aromatic carboxylic acids is 1. The highest BCUT2D eigenvalue weighted by atomic mass is 16.5. The van der Waals surface area contributed by atoms with Crippen molar-refractivity contribution < 1.29 is 19.4 Å². The summed E-state index contributed by atoms with van der Waals surface area (Å²) in [6.07, 6.45) is 3.34. The van der Waals surface area contributed by atoms with E-state index in [-0.39, 0.29) is 18.1 Å². The average Bonchev–Trinajstić information content (AvgIpc) is 3.00. The van der Waals surface area contributed by atoms with Crippen molar-refractivity contribution in [3.8, 4) is 11.4 Å². The molecule has 1 aromatic carbocycles. The normalized spacial score (nSPS) is 10.8. The van der Waals surface area contributed by atoms with Gasteiger partial charge in [0.1, 0.15) is 12.4 Å². The van der Waals surface area contributed by atoms with E-state index in [0.29, 0.717) is 29.1 Å². The van der Waals surface area contributed by atoms with E-state index in [4.69, 9.17) is 4.74 Å². The predicted molar refractivity (Wildman–Crippen MR) is 96.1 cm³/mol. The van der Waals surface area contributed by atoms with Gasteiger partial charge in [-0.2, -0.15) is 0 Å². The highest BCUT2D eigenvalue weighted by Gasteiger charge is 2.20. The van der Waals surface area contributed by atoms with Gasteiger partial charge in [0.15, 0.2) is 0 Å². The average molecular weight is 354 g/mol. The van der Waals surface area contributed by atoms with Gasteiger partial charge in [0.2, 0.25) is 5.91 Å². The van der Waals surface area contributed by atoms with Gasteiger partial charge in [-0.15, -0.1) is 0 Å². The fourth-order valence-electron chi connectivity index (χ4n) is 2.86. The van der Waals surface area contributed by atoms with Gasteiger partial charge in [0.05, 0.1) is 16.6 Å². The Balaban J connectivity index is 2.20. The Hall–Kier alpha value is -3.26. The molecular weight excluding hydrogens is 336 g/mol. The first-order valence-corrected chi connectivity index (χ1v) is 8.02. The molecule has 3 rings (SSSR count). The number of amides is 1. The van der Waals surface area contributed by atoms with Crippen molar-refractivity contribution in [1.82, 2.24) is 14.5 Å². The second kappa shape index (κ2) is 7.32. The number of aromatic nitrogens is 3. The number of imidazole rings is 1. The summed E-state index contributed by atoms with van der Waals surface area (Å²) in [6.45, 7) is 2.34. The number of carboxylic acid groups (broad SMARTS) is 1. The van der Waals surface area contributed by atoms with Crippen molar-refractivity contribution in [3.63, 3.8) is 0 Å². The summed E-state index contributed by atoms with van der Waals surface area (Å²) in [4.78, 5) is 32.3. The van der Waals surface area contributed by atoms with Gasteiger partial charge >= 0.3 is 5.97 Å². The lowest BCUT2D eigenvalue weighted by molar-refractivity contribution is -0.119. The minimum Gasteiger partial charge on any atom is -0.478 e. The molecule has 0 aliphatic rings. The van der Waals surface area contributed by atoms with Crippen LogP contribution in [0.1, 0.15) is 17.3 Å². The van der Waals surface area contributed by atoms with Gasteiger partial charge in [-0.05, 0) is 31.2 Å². The first-order valence-electron chi connectivity index (χ1n) is 8.02. The zero-order chi connectivity index (χ0) is 18.7. The van der Waals surface area contributed by atoms with Gasteiger partial charge in [-0.25, -0.2) is 9.78 Å². The second-order valence-electron chi connectivity index (χ2n) is 5.60. The van der Waals surface area contributed by atoms with Crippen LogP contribution >= 0.6 is 0 Å². The summed E-state index contributed by atoms with van der Waals surface area (Å²) in [5.74, 6) is -0.839. The number of pyridine rings is 1. The van der Waals surface area contributed by atoms with E-state index in [1.807, 2.05) is 17.6 Å². The van der Waals surface area contributed by atoms with Crippen LogP contribution in [0.2, 0.25) is 0 Å². The summed E-state index contributed by atoms with van der Waals surface area (Å²) in [5.41, 5.74) is 2.20. The summed E-state index contributed by atoms with van der Waals surface area (Å²) < 4.78 is 6.61. The van der Waals surface area contributed by atoms with Gasteiger partial charge < -0.3 is 19.7 Å². The molecule has 2 aromatic heterocycles. The van der Waals surface area contributed by atoms with Crippen LogP contribution in [0.25, 0.3) is 22.4 Å². The number of carbonyl (C=O) groups is 2. The Bertz CT molecular complexity index is 966. The predicted octanol–water partition coefficient (Wildman–Crippen LogP) is 2.40. The highest BCUT2D eigenvalue weighted by Crippen LogP contribution is 2.29. The number of carboxylic acids is 1. The number of methoxy groups -OCH3 is 1. The lowest BCUT2D eigenvalue weighted by Crippen LogP contribution is -2.17. The van der Waals surface area contributed by atoms with E-state index in [1.54, 1.807) is 24.5 Å². The van der Waals surface area contributed by atoms with Crippen molar-refractivity contribution in [2.24, 2.45) is 0 Å². The Kier molecular flexibility index (Phi) is 4.94. The molecule has 0 aliphatic heterocycles. The molecule has 0 fully saturated rings. The molecule has 0 saturated heterocycles. The molecule has 2 heterocycles. The van der Waals surface area contributed by atoms with Crippen LogP contribution in [0.15, 0.2) is 36.7 Å². The number of benzene rings is 1. The van der Waals surface area contributed by atoms with Crippen molar-refractivity contribution in [2.45, 2.75) is 13.5 Å². The van der Waals surface area contributed by atoms with Gasteiger partial charge in [0, 0.05) is 37.3 Å². The maximum atomic E-state index is 11.8. The molecule has 0 spiro atoms. The first kappa shape index (κ1) is 17.6. The monoisotopic (exact) mass is 354 g/mol. The quantitative estimate of drug-likeness (QED) is 0.704. The van der Waals surface area contributed by atoms with Gasteiger partial charge in [-0.1, -0.05) is 0 Å². The number of fused-ring (bicyclic) bond motifs is 1. The van der Waals surface area contributed by atoms with Crippen molar-refractivity contribution in [1.29, 1.82) is 0 Å². The minimum absolute atomic E-state index is 0.0692. The molecule has 134 valence electrons. The molecule has 8 heteroatoms. The van der Waals surface area contributed by atoms with E-state index in [2.05, 4.69) is 15.3 Å². The molecule has 0 unspecified atom stereocenters. The molecule has 2 N–H and O–H groups in total. The van der Waals surface area contributed by atoms with Gasteiger partial charge in [0.25, 0.3) is 0 Å². The standard InChI is InChI=1S/C18H18N4O4/c1-3-22-16-13(18(24)25)7-12(20-15(23)10-26-2)8-14(16)21-17(22)11-5-4-6-19-9-11/h4-9H,3,10H2,1-2H3,(H,20,23)(H,24,25). The Morgan fingerprint density at radius 3 is 2.77 bits per heavy atom. The van der Waals surface area contributed by atoms with E-state index >= 15 is 0 Å². The van der Waals surface area contributed by atoms with Crippen LogP contribution in [-0.2, 0) is 16.1 Å². The van der Waals surface area contributed by atoms with Crippen molar-refractivity contribution in [3.05, 3.63) is 42.2 Å². The molecule has 0 bridgehead atoms. The van der Waals surface area contributed by atoms with Crippen molar-refractivity contribution in [2.75, 3.05) is 19.0 Å². The van der Waals surface area contributed by atoms with Gasteiger partial charge in [-0.3, -0.25) is 9.78 Å². The number of nitrogens with one attached hydrogen (secondary N) is 1. The zero-order valence-electron chi connectivity index (χ0n) is 14.4. The lowest BCUT2D eigenvalue weighted by atomic mass is 10.1. The molecule has 0 radical (unpaired) electrons. The summed E-state index contributed by atoms with van der Waals surface area (Å²) in [7, 11) is 1.41. The lowest BCUT2D eigenvalue weighted by Gasteiger charge is -2.09. The van der Waals surface area contributed by atoms with E-state index in [9.17, 15) is 14.7 Å². The highest BCUT2D eigenvalue weighted by molar-refractivity contribution is 6.05. The fraction of sp³-hybridized carbons (Fsp3) is 0.222. The molecular formula is C18H18N4O4. The van der Waals surface area contributed by atoms with Crippen LogP contribution in [0.4, 0.5) is 5.69 Å². The third-order valence-electron chi connectivity index (χ3n) is 3.87. The number of hydrogen-bond donors (Lipinski definition) is 2. The van der Waals surface area contributed by atoms with Crippen LogP contribution in [0, 0.1) is 0 Å². The number of aryl methyl sites for hydroxylation is 1. The smallest absolute Gasteiger partial charge is 0.337 e. The van der Waals surface area contributed by atoms with Crippen LogP contribution in [0.5, 0.6) is 0 Å². The Morgan fingerprint density at radius 1 is 1.35 bits per heavy atom. The van der Waals surface area contributed by atoms with E-state index in [1.165, 1.54) is 13.2 Å². The fourth-order valence-corrected chi connectivity index (χ4v) is 2.86. The topological polar surface area (TPSA) is 106 Å². The largest absolute Gasteiger partial charge is 0.478 e. The number of nitrogens with zero attached hydrogens (tertiary/aromatic N) is 3. The summed E-state index contributed by atoms with van der Waals surface area (Å²) in [6, 6.07) is 6.74.